The van der Waals surface area contributed by atoms with Crippen molar-refractivity contribution in [2.45, 2.75) is 18.6 Å². The number of fused-ring (bicyclic) bond motifs is 2. The van der Waals surface area contributed by atoms with E-state index in [0.717, 1.165) is 17.2 Å². The van der Waals surface area contributed by atoms with Crippen molar-refractivity contribution in [2.75, 3.05) is 6.26 Å². The van der Waals surface area contributed by atoms with Gasteiger partial charge in [-0.1, -0.05) is 60.3 Å². The summed E-state index contributed by atoms with van der Waals surface area (Å²) < 4.78 is 2.33. The summed E-state index contributed by atoms with van der Waals surface area (Å²) in [6.45, 7) is 3.05. The fourth-order valence-electron chi connectivity index (χ4n) is 3.17. The fraction of sp³-hybridized carbons (Fsp3) is 0.150. The molecule has 0 bridgehead atoms. The second-order valence-corrected chi connectivity index (χ2v) is 6.53. The van der Waals surface area contributed by atoms with Gasteiger partial charge in [-0.3, -0.25) is 0 Å². The standard InChI is InChI=1S/C20H18N2S/c1-14-11-12-15-7-3-4-8-16(15)17(14)13-22-19-10-6-5-9-18(19)21-20(22)23-2/h3-12H,13H2,1-2H3. The van der Waals surface area contributed by atoms with Crippen LogP contribution in [-0.4, -0.2) is 15.8 Å². The minimum atomic E-state index is 0.851. The van der Waals surface area contributed by atoms with Gasteiger partial charge < -0.3 is 4.57 Å². The van der Waals surface area contributed by atoms with Crippen LogP contribution in [-0.2, 0) is 6.54 Å². The number of nitrogens with zero attached hydrogens (tertiary/aromatic N) is 2. The molecule has 0 saturated heterocycles. The number of imidazole rings is 1. The molecule has 0 atom stereocenters. The summed E-state index contributed by atoms with van der Waals surface area (Å²) in [7, 11) is 0. The highest BCUT2D eigenvalue weighted by Gasteiger charge is 2.12. The molecule has 23 heavy (non-hydrogen) atoms. The summed E-state index contributed by atoms with van der Waals surface area (Å²) in [5, 5.41) is 3.69. The molecule has 4 rings (SSSR count). The molecule has 1 aromatic heterocycles. The van der Waals surface area contributed by atoms with Gasteiger partial charge in [0, 0.05) is 0 Å². The quantitative estimate of drug-likeness (QED) is 0.479. The predicted molar refractivity (Wildman–Crippen MR) is 99.3 cm³/mol. The van der Waals surface area contributed by atoms with Crippen molar-refractivity contribution < 1.29 is 0 Å². The molecule has 3 aromatic carbocycles. The van der Waals surface area contributed by atoms with E-state index < -0.39 is 0 Å². The molecule has 0 amide bonds. The van der Waals surface area contributed by atoms with Gasteiger partial charge in [0.2, 0.25) is 0 Å². The van der Waals surface area contributed by atoms with Crippen molar-refractivity contribution in [1.82, 2.24) is 9.55 Å². The van der Waals surface area contributed by atoms with Gasteiger partial charge in [0.05, 0.1) is 17.6 Å². The van der Waals surface area contributed by atoms with E-state index in [9.17, 15) is 0 Å². The lowest BCUT2D eigenvalue weighted by Gasteiger charge is -2.13. The molecule has 0 radical (unpaired) electrons. The highest BCUT2D eigenvalue weighted by atomic mass is 32.2. The molecular formula is C20H18N2S. The SMILES string of the molecule is CSc1nc2ccccc2n1Cc1c(C)ccc2ccccc12. The second-order valence-electron chi connectivity index (χ2n) is 5.76. The number of thioether (sulfide) groups is 1. The van der Waals surface area contributed by atoms with Crippen LogP contribution in [0.15, 0.2) is 65.8 Å². The molecule has 1 heterocycles. The minimum absolute atomic E-state index is 0.851. The van der Waals surface area contributed by atoms with Crippen molar-refractivity contribution in [3.8, 4) is 0 Å². The molecule has 0 saturated carbocycles. The van der Waals surface area contributed by atoms with Crippen LogP contribution in [0.1, 0.15) is 11.1 Å². The first-order valence-electron chi connectivity index (χ1n) is 7.74. The van der Waals surface area contributed by atoms with E-state index in [1.54, 1.807) is 11.8 Å². The van der Waals surface area contributed by atoms with Gasteiger partial charge >= 0.3 is 0 Å². The van der Waals surface area contributed by atoms with Gasteiger partial charge in [-0.2, -0.15) is 0 Å². The Morgan fingerprint density at radius 2 is 1.74 bits per heavy atom. The fourth-order valence-corrected chi connectivity index (χ4v) is 3.75. The Balaban J connectivity index is 1.93. The maximum atomic E-state index is 4.76. The summed E-state index contributed by atoms with van der Waals surface area (Å²) in [5.41, 5.74) is 4.97. The predicted octanol–water partition coefficient (Wildman–Crippen LogP) is 5.27. The molecule has 0 spiro atoms. The Morgan fingerprint density at radius 1 is 0.957 bits per heavy atom. The smallest absolute Gasteiger partial charge is 0.169 e. The molecule has 114 valence electrons. The van der Waals surface area contributed by atoms with Crippen LogP contribution in [0.2, 0.25) is 0 Å². The lowest BCUT2D eigenvalue weighted by Crippen LogP contribution is -2.03. The minimum Gasteiger partial charge on any atom is -0.314 e. The molecule has 4 aromatic rings. The number of para-hydroxylation sites is 2. The Hall–Kier alpha value is -2.26. The van der Waals surface area contributed by atoms with Crippen LogP contribution in [0.5, 0.6) is 0 Å². The molecule has 0 fully saturated rings. The van der Waals surface area contributed by atoms with Crippen LogP contribution in [0.3, 0.4) is 0 Å². The molecule has 0 aliphatic heterocycles. The van der Waals surface area contributed by atoms with E-state index in [0.29, 0.717) is 0 Å². The maximum Gasteiger partial charge on any atom is 0.169 e. The van der Waals surface area contributed by atoms with Gasteiger partial charge in [-0.05, 0) is 47.2 Å². The summed E-state index contributed by atoms with van der Waals surface area (Å²) in [4.78, 5) is 4.76. The number of hydrogen-bond donors (Lipinski definition) is 0. The average molecular weight is 318 g/mol. The number of aryl methyl sites for hydroxylation is 1. The monoisotopic (exact) mass is 318 g/mol. The third-order valence-corrected chi connectivity index (χ3v) is 5.07. The van der Waals surface area contributed by atoms with Crippen molar-refractivity contribution >= 4 is 33.6 Å². The lowest BCUT2D eigenvalue weighted by atomic mass is 9.99. The summed E-state index contributed by atoms with van der Waals surface area (Å²) >= 11 is 1.70. The molecule has 3 heteroatoms. The third-order valence-electron chi connectivity index (χ3n) is 4.39. The van der Waals surface area contributed by atoms with Crippen LogP contribution >= 0.6 is 11.8 Å². The first-order valence-corrected chi connectivity index (χ1v) is 8.97. The highest BCUT2D eigenvalue weighted by molar-refractivity contribution is 7.98. The Morgan fingerprint density at radius 3 is 2.61 bits per heavy atom. The number of benzene rings is 3. The Kier molecular flexibility index (Phi) is 3.58. The van der Waals surface area contributed by atoms with Gasteiger partial charge in [0.15, 0.2) is 5.16 Å². The van der Waals surface area contributed by atoms with Crippen molar-refractivity contribution in [3.05, 3.63) is 71.8 Å². The van der Waals surface area contributed by atoms with Crippen molar-refractivity contribution in [1.29, 1.82) is 0 Å². The molecule has 0 aliphatic carbocycles. The van der Waals surface area contributed by atoms with Gasteiger partial charge in [0.25, 0.3) is 0 Å². The maximum absolute atomic E-state index is 4.76. The zero-order chi connectivity index (χ0) is 15.8. The highest BCUT2D eigenvalue weighted by Crippen LogP contribution is 2.28. The lowest BCUT2D eigenvalue weighted by molar-refractivity contribution is 0.733. The first-order chi connectivity index (χ1) is 11.3. The van der Waals surface area contributed by atoms with Crippen LogP contribution < -0.4 is 0 Å². The zero-order valence-electron chi connectivity index (χ0n) is 13.3. The van der Waals surface area contributed by atoms with Gasteiger partial charge in [-0.15, -0.1) is 0 Å². The number of rotatable bonds is 3. The molecular weight excluding hydrogens is 300 g/mol. The van der Waals surface area contributed by atoms with Crippen LogP contribution in [0, 0.1) is 6.92 Å². The molecule has 0 unspecified atom stereocenters. The number of aromatic nitrogens is 2. The largest absolute Gasteiger partial charge is 0.314 e. The van der Waals surface area contributed by atoms with Crippen molar-refractivity contribution in [3.63, 3.8) is 0 Å². The summed E-state index contributed by atoms with van der Waals surface area (Å²) in [6, 6.07) is 21.4. The van der Waals surface area contributed by atoms with Gasteiger partial charge in [0.1, 0.15) is 0 Å². The first kappa shape index (κ1) is 14.3. The van der Waals surface area contributed by atoms with Crippen LogP contribution in [0.4, 0.5) is 0 Å². The second kappa shape index (κ2) is 5.74. The van der Waals surface area contributed by atoms with E-state index in [1.165, 1.54) is 27.4 Å². The van der Waals surface area contributed by atoms with E-state index in [1.807, 2.05) is 6.07 Å². The molecule has 2 nitrogen and oxygen atoms in total. The van der Waals surface area contributed by atoms with Crippen molar-refractivity contribution in [2.24, 2.45) is 0 Å². The van der Waals surface area contributed by atoms with E-state index in [4.69, 9.17) is 4.98 Å². The van der Waals surface area contributed by atoms with E-state index >= 15 is 0 Å². The Bertz CT molecular complexity index is 1000. The summed E-state index contributed by atoms with van der Waals surface area (Å²) in [5.74, 6) is 0. The zero-order valence-corrected chi connectivity index (χ0v) is 14.1. The molecule has 0 N–H and O–H groups in total. The third kappa shape index (κ3) is 2.41. The van der Waals surface area contributed by atoms with Gasteiger partial charge in [-0.25, -0.2) is 4.98 Å². The average Bonchev–Trinajstić information content (AvgIpc) is 2.95. The molecule has 0 aliphatic rings. The van der Waals surface area contributed by atoms with E-state index in [2.05, 4.69) is 72.3 Å². The normalized spacial score (nSPS) is 11.4. The summed E-state index contributed by atoms with van der Waals surface area (Å²) in [6.07, 6.45) is 2.09. The van der Waals surface area contributed by atoms with E-state index in [-0.39, 0.29) is 0 Å². The van der Waals surface area contributed by atoms with Crippen LogP contribution in [0.25, 0.3) is 21.8 Å². The topological polar surface area (TPSA) is 17.8 Å². The number of hydrogen-bond acceptors (Lipinski definition) is 2. The Labute approximate surface area is 140 Å².